The molecule has 1 aromatic heterocycles. The van der Waals surface area contributed by atoms with E-state index in [0.717, 1.165) is 0 Å². The van der Waals surface area contributed by atoms with Crippen LogP contribution in [0.2, 0.25) is 0 Å². The molecule has 0 spiro atoms. The molecule has 2 aromatic rings. The SMILES string of the molecule is COC(=O)c1ccccc1S(=O)(=O)N1CCC(C(=O)Nc2cccnc2N2CCOCC2)CC1. The van der Waals surface area contributed by atoms with Crippen molar-refractivity contribution in [3.63, 3.8) is 0 Å². The second-order valence-electron chi connectivity index (χ2n) is 8.13. The summed E-state index contributed by atoms with van der Waals surface area (Å²) in [4.78, 5) is 31.5. The molecule has 0 radical (unpaired) electrons. The molecule has 0 atom stereocenters. The maximum absolute atomic E-state index is 13.2. The summed E-state index contributed by atoms with van der Waals surface area (Å²) in [5.74, 6) is -0.492. The van der Waals surface area contributed by atoms with Crippen molar-refractivity contribution in [2.24, 2.45) is 5.92 Å². The average molecular weight is 489 g/mol. The van der Waals surface area contributed by atoms with Gasteiger partial charge in [-0.15, -0.1) is 0 Å². The Morgan fingerprint density at radius 1 is 1.06 bits per heavy atom. The molecule has 1 amide bonds. The molecule has 0 unspecified atom stereocenters. The molecule has 1 N–H and O–H groups in total. The van der Waals surface area contributed by atoms with Crippen LogP contribution in [-0.2, 0) is 24.3 Å². The molecule has 10 nitrogen and oxygen atoms in total. The maximum Gasteiger partial charge on any atom is 0.339 e. The van der Waals surface area contributed by atoms with E-state index in [2.05, 4.69) is 15.2 Å². The summed E-state index contributed by atoms with van der Waals surface area (Å²) < 4.78 is 37.9. The average Bonchev–Trinajstić information content (AvgIpc) is 2.89. The number of anilines is 2. The van der Waals surface area contributed by atoms with Gasteiger partial charge in [0.15, 0.2) is 5.82 Å². The number of benzene rings is 1. The van der Waals surface area contributed by atoms with E-state index < -0.39 is 16.0 Å². The second kappa shape index (κ2) is 10.5. The third-order valence-corrected chi connectivity index (χ3v) is 8.05. The lowest BCUT2D eigenvalue weighted by Gasteiger charge is -2.32. The zero-order valence-corrected chi connectivity index (χ0v) is 19.8. The molecule has 1 aromatic carbocycles. The number of carbonyl (C=O) groups excluding carboxylic acids is 2. The Kier molecular flexibility index (Phi) is 7.44. The summed E-state index contributed by atoms with van der Waals surface area (Å²) in [5.41, 5.74) is 0.633. The molecule has 2 aliphatic rings. The summed E-state index contributed by atoms with van der Waals surface area (Å²) in [6, 6.07) is 9.58. The topological polar surface area (TPSA) is 118 Å². The number of nitrogens with one attached hydrogen (secondary N) is 1. The monoisotopic (exact) mass is 488 g/mol. The Bertz CT molecular complexity index is 1140. The number of sulfonamides is 1. The van der Waals surface area contributed by atoms with Crippen LogP contribution in [0.5, 0.6) is 0 Å². The number of rotatable bonds is 6. The van der Waals surface area contributed by atoms with E-state index in [1.54, 1.807) is 24.4 Å². The van der Waals surface area contributed by atoms with Gasteiger partial charge in [0, 0.05) is 38.3 Å². The molecule has 182 valence electrons. The van der Waals surface area contributed by atoms with Crippen LogP contribution in [0.4, 0.5) is 11.5 Å². The quantitative estimate of drug-likeness (QED) is 0.611. The van der Waals surface area contributed by atoms with Crippen LogP contribution in [0.15, 0.2) is 47.5 Å². The van der Waals surface area contributed by atoms with E-state index >= 15 is 0 Å². The number of aromatic nitrogens is 1. The zero-order valence-electron chi connectivity index (χ0n) is 19.0. The van der Waals surface area contributed by atoms with Crippen molar-refractivity contribution >= 4 is 33.4 Å². The molecular weight excluding hydrogens is 460 g/mol. The highest BCUT2D eigenvalue weighted by Crippen LogP contribution is 2.29. The van der Waals surface area contributed by atoms with Crippen LogP contribution < -0.4 is 10.2 Å². The van der Waals surface area contributed by atoms with E-state index in [1.165, 1.54) is 23.5 Å². The van der Waals surface area contributed by atoms with Crippen LogP contribution in [-0.4, -0.2) is 76.1 Å². The Morgan fingerprint density at radius 3 is 2.47 bits per heavy atom. The molecule has 11 heteroatoms. The highest BCUT2D eigenvalue weighted by molar-refractivity contribution is 7.89. The minimum absolute atomic E-state index is 0.00270. The largest absolute Gasteiger partial charge is 0.465 e. The lowest BCUT2D eigenvalue weighted by molar-refractivity contribution is -0.120. The summed E-state index contributed by atoms with van der Waals surface area (Å²) in [5, 5.41) is 2.98. The van der Waals surface area contributed by atoms with Crippen LogP contribution in [0, 0.1) is 5.92 Å². The lowest BCUT2D eigenvalue weighted by Crippen LogP contribution is -2.42. The number of methoxy groups -OCH3 is 1. The molecule has 0 bridgehead atoms. The van der Waals surface area contributed by atoms with Gasteiger partial charge in [-0.25, -0.2) is 18.2 Å². The zero-order chi connectivity index (χ0) is 24.1. The normalized spacial score (nSPS) is 17.9. The minimum Gasteiger partial charge on any atom is -0.465 e. The first-order valence-electron chi connectivity index (χ1n) is 11.2. The van der Waals surface area contributed by atoms with Crippen molar-refractivity contribution in [2.75, 3.05) is 56.7 Å². The number of carbonyl (C=O) groups is 2. The van der Waals surface area contributed by atoms with Gasteiger partial charge in [-0.3, -0.25) is 4.79 Å². The number of piperidine rings is 1. The summed E-state index contributed by atoms with van der Waals surface area (Å²) >= 11 is 0. The standard InChI is InChI=1S/C23H28N4O6S/c1-32-23(29)18-5-2-3-7-20(18)34(30,31)27-11-8-17(9-12-27)22(28)25-19-6-4-10-24-21(19)26-13-15-33-16-14-26/h2-7,10,17H,8-9,11-16H2,1H3,(H,25,28). The first-order valence-corrected chi connectivity index (χ1v) is 12.6. The van der Waals surface area contributed by atoms with Gasteiger partial charge in [0.2, 0.25) is 15.9 Å². The van der Waals surface area contributed by atoms with Crippen molar-refractivity contribution < 1.29 is 27.5 Å². The van der Waals surface area contributed by atoms with Crippen molar-refractivity contribution in [1.82, 2.24) is 9.29 Å². The maximum atomic E-state index is 13.2. The smallest absolute Gasteiger partial charge is 0.339 e. The van der Waals surface area contributed by atoms with Gasteiger partial charge in [-0.2, -0.15) is 4.31 Å². The minimum atomic E-state index is -3.90. The molecule has 0 saturated carbocycles. The van der Waals surface area contributed by atoms with E-state index in [9.17, 15) is 18.0 Å². The molecular formula is C23H28N4O6S. The molecule has 4 rings (SSSR count). The van der Waals surface area contributed by atoms with Crippen molar-refractivity contribution in [3.05, 3.63) is 48.2 Å². The van der Waals surface area contributed by atoms with Gasteiger partial charge in [-0.05, 0) is 37.1 Å². The summed E-state index contributed by atoms with van der Waals surface area (Å²) in [6.07, 6.45) is 2.44. The molecule has 3 heterocycles. The van der Waals surface area contributed by atoms with Crippen LogP contribution in [0.1, 0.15) is 23.2 Å². The number of morpholine rings is 1. The number of hydrogen-bond acceptors (Lipinski definition) is 8. The molecule has 34 heavy (non-hydrogen) atoms. The molecule has 2 aliphatic heterocycles. The number of nitrogens with zero attached hydrogens (tertiary/aromatic N) is 3. The van der Waals surface area contributed by atoms with E-state index in [0.29, 0.717) is 50.7 Å². The number of hydrogen-bond donors (Lipinski definition) is 1. The second-order valence-corrected chi connectivity index (χ2v) is 10.0. The fourth-order valence-corrected chi connectivity index (χ4v) is 5.87. The number of amides is 1. The third kappa shape index (κ3) is 5.06. The lowest BCUT2D eigenvalue weighted by atomic mass is 9.97. The summed E-state index contributed by atoms with van der Waals surface area (Å²) in [6.45, 7) is 2.97. The first kappa shape index (κ1) is 24.1. The van der Waals surface area contributed by atoms with Gasteiger partial charge in [0.1, 0.15) is 0 Å². The first-order chi connectivity index (χ1) is 16.4. The third-order valence-electron chi connectivity index (χ3n) is 6.09. The van der Waals surface area contributed by atoms with Crippen molar-refractivity contribution in [2.45, 2.75) is 17.7 Å². The van der Waals surface area contributed by atoms with Crippen LogP contribution in [0.3, 0.4) is 0 Å². The fourth-order valence-electron chi connectivity index (χ4n) is 4.22. The Hall–Kier alpha value is -3.02. The van der Waals surface area contributed by atoms with Gasteiger partial charge in [0.25, 0.3) is 0 Å². The molecule has 2 saturated heterocycles. The number of ether oxygens (including phenoxy) is 2. The van der Waals surface area contributed by atoms with Gasteiger partial charge in [0.05, 0.1) is 36.5 Å². The van der Waals surface area contributed by atoms with Crippen LogP contribution in [0.25, 0.3) is 0 Å². The van der Waals surface area contributed by atoms with Gasteiger partial charge in [-0.1, -0.05) is 12.1 Å². The molecule has 0 aliphatic carbocycles. The predicted molar refractivity (Wildman–Crippen MR) is 125 cm³/mol. The number of pyridine rings is 1. The summed E-state index contributed by atoms with van der Waals surface area (Å²) in [7, 11) is -2.69. The predicted octanol–water partition coefficient (Wildman–Crippen LogP) is 1.74. The van der Waals surface area contributed by atoms with Gasteiger partial charge < -0.3 is 19.7 Å². The Balaban J connectivity index is 1.42. The molecule has 2 fully saturated rings. The van der Waals surface area contributed by atoms with Crippen LogP contribution >= 0.6 is 0 Å². The van der Waals surface area contributed by atoms with Crippen molar-refractivity contribution in [3.8, 4) is 0 Å². The van der Waals surface area contributed by atoms with Crippen molar-refractivity contribution in [1.29, 1.82) is 0 Å². The van der Waals surface area contributed by atoms with E-state index in [-0.39, 0.29) is 35.4 Å². The van der Waals surface area contributed by atoms with Gasteiger partial charge >= 0.3 is 5.97 Å². The van der Waals surface area contributed by atoms with E-state index in [1.807, 2.05) is 6.07 Å². The Labute approximate surface area is 198 Å². The van der Waals surface area contributed by atoms with E-state index in [4.69, 9.17) is 9.47 Å². The highest BCUT2D eigenvalue weighted by atomic mass is 32.2. The highest BCUT2D eigenvalue weighted by Gasteiger charge is 2.34. The number of esters is 1. The fraction of sp³-hybridized carbons (Fsp3) is 0.435. The Morgan fingerprint density at radius 2 is 1.76 bits per heavy atom.